The van der Waals surface area contributed by atoms with Crippen molar-refractivity contribution in [2.24, 2.45) is 5.92 Å². The van der Waals surface area contributed by atoms with Crippen LogP contribution in [-0.4, -0.2) is 36.6 Å². The van der Waals surface area contributed by atoms with E-state index in [0.717, 1.165) is 6.42 Å². The predicted molar refractivity (Wildman–Crippen MR) is 71.0 cm³/mol. The van der Waals surface area contributed by atoms with Gasteiger partial charge in [-0.15, -0.1) is 0 Å². The van der Waals surface area contributed by atoms with Crippen LogP contribution in [0.15, 0.2) is 16.8 Å². The summed E-state index contributed by atoms with van der Waals surface area (Å²) >= 11 is 1.50. The highest BCUT2D eigenvalue weighted by Gasteiger charge is 2.54. The molecule has 3 rings (SSSR count). The first-order chi connectivity index (χ1) is 9.16. The van der Waals surface area contributed by atoms with Gasteiger partial charge in [0, 0.05) is 30.4 Å². The summed E-state index contributed by atoms with van der Waals surface area (Å²) in [5.41, 5.74) is 0.675. The molecule has 1 aliphatic heterocycles. The number of thiophene rings is 1. The first kappa shape index (κ1) is 12.6. The van der Waals surface area contributed by atoms with Gasteiger partial charge < -0.3 is 15.4 Å². The molecule has 0 aromatic carbocycles. The van der Waals surface area contributed by atoms with Crippen LogP contribution < -0.4 is 10.6 Å². The summed E-state index contributed by atoms with van der Waals surface area (Å²) in [6.45, 7) is 2.19. The van der Waals surface area contributed by atoms with E-state index in [1.807, 2.05) is 10.8 Å². The molecule has 5 nitrogen and oxygen atoms in total. The van der Waals surface area contributed by atoms with Crippen molar-refractivity contribution in [3.05, 3.63) is 22.4 Å². The van der Waals surface area contributed by atoms with Crippen molar-refractivity contribution < 1.29 is 14.3 Å². The van der Waals surface area contributed by atoms with Crippen LogP contribution in [0.4, 0.5) is 0 Å². The molecule has 1 saturated heterocycles. The van der Waals surface area contributed by atoms with Gasteiger partial charge in [-0.2, -0.15) is 11.3 Å². The van der Waals surface area contributed by atoms with Gasteiger partial charge in [0.2, 0.25) is 5.91 Å². The van der Waals surface area contributed by atoms with Gasteiger partial charge in [0.05, 0.1) is 18.2 Å². The number of hydrogen-bond acceptors (Lipinski definition) is 4. The molecular weight excluding hydrogens is 264 g/mol. The first-order valence-corrected chi connectivity index (χ1v) is 7.33. The molecule has 0 unspecified atom stereocenters. The predicted octanol–water partition coefficient (Wildman–Crippen LogP) is 0.770. The zero-order chi connectivity index (χ0) is 13.4. The van der Waals surface area contributed by atoms with Gasteiger partial charge in [-0.3, -0.25) is 9.59 Å². The van der Waals surface area contributed by atoms with Gasteiger partial charge in [-0.05, 0) is 17.9 Å². The quantitative estimate of drug-likeness (QED) is 0.859. The molecule has 0 radical (unpaired) electrons. The average Bonchev–Trinajstić information content (AvgIpc) is 3.02. The Hall–Kier alpha value is -1.40. The molecule has 2 amide bonds. The molecule has 102 valence electrons. The van der Waals surface area contributed by atoms with E-state index in [1.165, 1.54) is 18.3 Å². The summed E-state index contributed by atoms with van der Waals surface area (Å²) in [6, 6.07) is 1.67. The van der Waals surface area contributed by atoms with E-state index >= 15 is 0 Å². The van der Waals surface area contributed by atoms with E-state index in [1.54, 1.807) is 6.07 Å². The summed E-state index contributed by atoms with van der Waals surface area (Å²) in [7, 11) is 0. The second kappa shape index (κ2) is 4.94. The number of rotatable bonds is 3. The summed E-state index contributed by atoms with van der Waals surface area (Å²) < 4.78 is 5.60. The van der Waals surface area contributed by atoms with E-state index in [4.69, 9.17) is 4.74 Å². The first-order valence-electron chi connectivity index (χ1n) is 6.38. The van der Waals surface area contributed by atoms with E-state index in [-0.39, 0.29) is 30.0 Å². The van der Waals surface area contributed by atoms with Gasteiger partial charge in [0.1, 0.15) is 0 Å². The molecule has 2 N–H and O–H groups in total. The SMILES string of the molecule is CC(=O)N[C@H]1[C@H](NC(=O)c2ccsc2)[C@@H]2CCO[C@@H]21. The van der Waals surface area contributed by atoms with Crippen molar-refractivity contribution in [2.75, 3.05) is 6.61 Å². The van der Waals surface area contributed by atoms with Crippen molar-refractivity contribution >= 4 is 23.2 Å². The maximum absolute atomic E-state index is 12.1. The summed E-state index contributed by atoms with van der Waals surface area (Å²) in [5, 5.41) is 9.59. The standard InChI is InChI=1S/C13H16N2O3S/c1-7(16)14-11-10(9-2-4-18-12(9)11)15-13(17)8-3-5-19-6-8/h3,5-6,9-12H,2,4H2,1H3,(H,14,16)(H,15,17)/t9-,10+,11-,12-/m0/s1. The Morgan fingerprint density at radius 3 is 2.89 bits per heavy atom. The molecule has 2 fully saturated rings. The van der Waals surface area contributed by atoms with E-state index in [0.29, 0.717) is 18.1 Å². The van der Waals surface area contributed by atoms with Crippen LogP contribution in [0.25, 0.3) is 0 Å². The molecule has 1 aromatic rings. The number of carbonyl (C=O) groups excluding carboxylic acids is 2. The highest BCUT2D eigenvalue weighted by molar-refractivity contribution is 7.08. The van der Waals surface area contributed by atoms with Gasteiger partial charge >= 0.3 is 0 Å². The van der Waals surface area contributed by atoms with Crippen LogP contribution in [0.2, 0.25) is 0 Å². The second-order valence-corrected chi connectivity index (χ2v) is 5.81. The maximum Gasteiger partial charge on any atom is 0.252 e. The smallest absolute Gasteiger partial charge is 0.252 e. The molecule has 2 heterocycles. The number of nitrogens with one attached hydrogen (secondary N) is 2. The molecular formula is C13H16N2O3S. The highest BCUT2D eigenvalue weighted by Crippen LogP contribution is 2.39. The number of amides is 2. The minimum Gasteiger partial charge on any atom is -0.376 e. The van der Waals surface area contributed by atoms with Crippen LogP contribution in [0.3, 0.4) is 0 Å². The molecule has 1 aliphatic carbocycles. The Morgan fingerprint density at radius 2 is 2.21 bits per heavy atom. The third kappa shape index (κ3) is 2.26. The van der Waals surface area contributed by atoms with Gasteiger partial charge in [-0.25, -0.2) is 0 Å². The minimum absolute atomic E-state index is 0.0243. The van der Waals surface area contributed by atoms with Crippen molar-refractivity contribution in [3.63, 3.8) is 0 Å². The lowest BCUT2D eigenvalue weighted by molar-refractivity contribution is -0.123. The van der Waals surface area contributed by atoms with Crippen molar-refractivity contribution in [3.8, 4) is 0 Å². The monoisotopic (exact) mass is 280 g/mol. The zero-order valence-corrected chi connectivity index (χ0v) is 11.4. The molecule has 6 heteroatoms. The fraction of sp³-hybridized carbons (Fsp3) is 0.538. The molecule has 19 heavy (non-hydrogen) atoms. The largest absolute Gasteiger partial charge is 0.376 e. The molecule has 0 bridgehead atoms. The lowest BCUT2D eigenvalue weighted by Crippen LogP contribution is -2.70. The molecule has 1 aromatic heterocycles. The minimum atomic E-state index is -0.104. The topological polar surface area (TPSA) is 67.4 Å². The lowest BCUT2D eigenvalue weighted by atomic mass is 9.71. The Bertz CT molecular complexity index is 488. The van der Waals surface area contributed by atoms with Crippen LogP contribution >= 0.6 is 11.3 Å². The van der Waals surface area contributed by atoms with Crippen LogP contribution in [0.5, 0.6) is 0 Å². The highest BCUT2D eigenvalue weighted by atomic mass is 32.1. The van der Waals surface area contributed by atoms with Gasteiger partial charge in [0.25, 0.3) is 5.91 Å². The summed E-state index contributed by atoms with van der Waals surface area (Å²) in [4.78, 5) is 23.3. The third-order valence-electron chi connectivity index (χ3n) is 3.84. The maximum atomic E-state index is 12.1. The summed E-state index contributed by atoms with van der Waals surface area (Å²) in [6.07, 6.45) is 0.992. The van der Waals surface area contributed by atoms with Crippen LogP contribution in [0, 0.1) is 5.92 Å². The fourth-order valence-corrected chi connectivity index (χ4v) is 3.57. The Morgan fingerprint density at radius 1 is 1.37 bits per heavy atom. The Balaban J connectivity index is 1.68. The van der Waals surface area contributed by atoms with Crippen molar-refractivity contribution in [1.82, 2.24) is 10.6 Å². The molecule has 0 spiro atoms. The Labute approximate surface area is 115 Å². The molecule has 2 aliphatic rings. The number of ether oxygens (including phenoxy) is 1. The second-order valence-electron chi connectivity index (χ2n) is 5.03. The van der Waals surface area contributed by atoms with Crippen LogP contribution in [-0.2, 0) is 9.53 Å². The Kier molecular flexibility index (Phi) is 3.28. The third-order valence-corrected chi connectivity index (χ3v) is 4.52. The number of fused-ring (bicyclic) bond motifs is 1. The van der Waals surface area contributed by atoms with E-state index in [9.17, 15) is 9.59 Å². The van der Waals surface area contributed by atoms with Gasteiger partial charge in [0.15, 0.2) is 0 Å². The number of carbonyl (C=O) groups is 2. The molecule has 4 atom stereocenters. The average molecular weight is 280 g/mol. The van der Waals surface area contributed by atoms with Gasteiger partial charge in [-0.1, -0.05) is 0 Å². The normalized spacial score (nSPS) is 32.3. The fourth-order valence-electron chi connectivity index (χ4n) is 2.94. The summed E-state index contributed by atoms with van der Waals surface area (Å²) in [5.74, 6) is 0.153. The van der Waals surface area contributed by atoms with Crippen LogP contribution in [0.1, 0.15) is 23.7 Å². The molecule has 1 saturated carbocycles. The van der Waals surface area contributed by atoms with E-state index in [2.05, 4.69) is 10.6 Å². The van der Waals surface area contributed by atoms with E-state index < -0.39 is 0 Å². The van der Waals surface area contributed by atoms with Crippen molar-refractivity contribution in [1.29, 1.82) is 0 Å². The zero-order valence-electron chi connectivity index (χ0n) is 10.6. The lowest BCUT2D eigenvalue weighted by Gasteiger charge is -2.47. The van der Waals surface area contributed by atoms with Crippen molar-refractivity contribution in [2.45, 2.75) is 31.5 Å². The number of hydrogen-bond donors (Lipinski definition) is 2.